The van der Waals surface area contributed by atoms with Gasteiger partial charge in [-0.3, -0.25) is 0 Å². The molecule has 60 valence electrons. The van der Waals surface area contributed by atoms with Crippen LogP contribution in [0.15, 0.2) is 21.5 Å². The van der Waals surface area contributed by atoms with Crippen LogP contribution in [-0.2, 0) is 0 Å². The Morgan fingerprint density at radius 3 is 2.82 bits per heavy atom. The average Bonchev–Trinajstić information content (AvgIpc) is 2.35. The molecule has 0 bridgehead atoms. The number of hydrogen-bond acceptors (Lipinski definition) is 1. The van der Waals surface area contributed by atoms with E-state index < -0.39 is 0 Å². The van der Waals surface area contributed by atoms with Gasteiger partial charge < -0.3 is 0 Å². The number of allylic oxidation sites excluding steroid dienone is 1. The van der Waals surface area contributed by atoms with Gasteiger partial charge >= 0.3 is 0 Å². The van der Waals surface area contributed by atoms with Crippen LogP contribution >= 0.6 is 43.2 Å². The third-order valence-corrected chi connectivity index (χ3v) is 3.65. The van der Waals surface area contributed by atoms with E-state index in [0.717, 1.165) is 5.33 Å². The van der Waals surface area contributed by atoms with Crippen molar-refractivity contribution in [2.75, 3.05) is 5.33 Å². The van der Waals surface area contributed by atoms with E-state index in [2.05, 4.69) is 57.0 Å². The Morgan fingerprint density at radius 2 is 2.36 bits per heavy atom. The van der Waals surface area contributed by atoms with Gasteiger partial charge in [-0.15, -0.1) is 11.3 Å². The molecule has 11 heavy (non-hydrogen) atoms. The molecule has 0 nitrogen and oxygen atoms in total. The van der Waals surface area contributed by atoms with Gasteiger partial charge in [-0.2, -0.15) is 0 Å². The van der Waals surface area contributed by atoms with Crippen molar-refractivity contribution in [3.8, 4) is 0 Å². The lowest BCUT2D eigenvalue weighted by Crippen LogP contribution is -1.72. The molecule has 0 aliphatic heterocycles. The molecule has 0 unspecified atom stereocenters. The maximum atomic E-state index is 3.42. The molecule has 1 aromatic rings. The first-order valence-electron chi connectivity index (χ1n) is 3.21. The molecule has 3 heteroatoms. The highest BCUT2D eigenvalue weighted by molar-refractivity contribution is 9.11. The fourth-order valence-electron chi connectivity index (χ4n) is 0.687. The highest BCUT2D eigenvalue weighted by atomic mass is 79.9. The van der Waals surface area contributed by atoms with Gasteiger partial charge in [0.15, 0.2) is 0 Å². The second-order valence-corrected chi connectivity index (χ2v) is 5.32. The van der Waals surface area contributed by atoms with Crippen molar-refractivity contribution in [2.24, 2.45) is 0 Å². The first-order chi connectivity index (χ1) is 5.22. The van der Waals surface area contributed by atoms with E-state index in [-0.39, 0.29) is 0 Å². The standard InChI is InChI=1S/C8H8Br2S/c1-6(5-9)4-7-2-3-8(10)11-7/h2-4H,5H2,1H3. The summed E-state index contributed by atoms with van der Waals surface area (Å²) >= 11 is 8.58. The number of hydrogen-bond donors (Lipinski definition) is 0. The summed E-state index contributed by atoms with van der Waals surface area (Å²) in [5.74, 6) is 0. The maximum Gasteiger partial charge on any atom is 0.0704 e. The van der Waals surface area contributed by atoms with Gasteiger partial charge in [-0.1, -0.05) is 21.5 Å². The van der Waals surface area contributed by atoms with Crippen LogP contribution in [0.25, 0.3) is 6.08 Å². The fourth-order valence-corrected chi connectivity index (χ4v) is 2.30. The molecule has 1 rings (SSSR count). The summed E-state index contributed by atoms with van der Waals surface area (Å²) in [4.78, 5) is 1.30. The Morgan fingerprint density at radius 1 is 1.64 bits per heavy atom. The molecule has 0 spiro atoms. The molecule has 0 fully saturated rings. The van der Waals surface area contributed by atoms with Crippen LogP contribution in [0.4, 0.5) is 0 Å². The molecule has 0 saturated heterocycles. The van der Waals surface area contributed by atoms with Crippen molar-refractivity contribution in [2.45, 2.75) is 6.92 Å². The molecule has 0 radical (unpaired) electrons. The van der Waals surface area contributed by atoms with Crippen LogP contribution in [0.3, 0.4) is 0 Å². The summed E-state index contributed by atoms with van der Waals surface area (Å²) in [6.07, 6.45) is 2.18. The van der Waals surface area contributed by atoms with E-state index in [1.807, 2.05) is 0 Å². The van der Waals surface area contributed by atoms with Crippen molar-refractivity contribution in [1.29, 1.82) is 0 Å². The molecule has 1 heterocycles. The first-order valence-corrected chi connectivity index (χ1v) is 5.94. The van der Waals surface area contributed by atoms with Gasteiger partial charge in [0, 0.05) is 10.2 Å². The lowest BCUT2D eigenvalue weighted by atomic mass is 10.3. The van der Waals surface area contributed by atoms with Crippen molar-refractivity contribution in [3.05, 3.63) is 26.4 Å². The Labute approximate surface area is 87.6 Å². The normalized spacial score (nSPS) is 12.1. The summed E-state index contributed by atoms with van der Waals surface area (Å²) in [5.41, 5.74) is 1.35. The van der Waals surface area contributed by atoms with Gasteiger partial charge in [-0.05, 0) is 41.1 Å². The lowest BCUT2D eigenvalue weighted by molar-refractivity contribution is 1.46. The molecule has 1 aromatic heterocycles. The van der Waals surface area contributed by atoms with E-state index in [9.17, 15) is 0 Å². The predicted octanol–water partition coefficient (Wildman–Crippen LogP) is 4.31. The summed E-state index contributed by atoms with van der Waals surface area (Å²) in [6.45, 7) is 2.11. The molecule has 0 atom stereocenters. The lowest BCUT2D eigenvalue weighted by Gasteiger charge is -1.89. The van der Waals surface area contributed by atoms with Crippen LogP contribution in [0, 0.1) is 0 Å². The molecular weight excluding hydrogens is 288 g/mol. The molecule has 0 aromatic carbocycles. The van der Waals surface area contributed by atoms with Crippen LogP contribution in [-0.4, -0.2) is 5.33 Å². The summed E-state index contributed by atoms with van der Waals surface area (Å²) < 4.78 is 1.19. The summed E-state index contributed by atoms with van der Waals surface area (Å²) in [5, 5.41) is 0.947. The van der Waals surface area contributed by atoms with Crippen LogP contribution in [0.1, 0.15) is 11.8 Å². The molecule has 0 N–H and O–H groups in total. The maximum absolute atomic E-state index is 3.42. The van der Waals surface area contributed by atoms with Gasteiger partial charge in [0.25, 0.3) is 0 Å². The van der Waals surface area contributed by atoms with Crippen molar-refractivity contribution >= 4 is 49.3 Å². The molecular formula is C8H8Br2S. The van der Waals surface area contributed by atoms with Gasteiger partial charge in [0.05, 0.1) is 3.79 Å². The Hall–Kier alpha value is 0.400. The van der Waals surface area contributed by atoms with Gasteiger partial charge in [-0.25, -0.2) is 0 Å². The second kappa shape index (κ2) is 4.43. The molecule has 0 aliphatic carbocycles. The monoisotopic (exact) mass is 294 g/mol. The van der Waals surface area contributed by atoms with Crippen LogP contribution < -0.4 is 0 Å². The minimum absolute atomic E-state index is 0.947. The zero-order valence-electron chi connectivity index (χ0n) is 6.10. The van der Waals surface area contributed by atoms with Gasteiger partial charge in [0.1, 0.15) is 0 Å². The Balaban J connectivity index is 2.78. The van der Waals surface area contributed by atoms with E-state index in [1.165, 1.54) is 14.2 Å². The number of rotatable bonds is 2. The fraction of sp³-hybridized carbons (Fsp3) is 0.250. The topological polar surface area (TPSA) is 0 Å². The van der Waals surface area contributed by atoms with E-state index in [1.54, 1.807) is 11.3 Å². The minimum Gasteiger partial charge on any atom is -0.129 e. The van der Waals surface area contributed by atoms with Crippen LogP contribution in [0.2, 0.25) is 0 Å². The Bertz CT molecular complexity index is 263. The zero-order chi connectivity index (χ0) is 8.27. The highest BCUT2D eigenvalue weighted by Gasteiger charge is 1.93. The highest BCUT2D eigenvalue weighted by Crippen LogP contribution is 2.24. The SMILES string of the molecule is CC(=Cc1ccc(Br)s1)CBr. The van der Waals surface area contributed by atoms with E-state index >= 15 is 0 Å². The van der Waals surface area contributed by atoms with Crippen molar-refractivity contribution in [1.82, 2.24) is 0 Å². The van der Waals surface area contributed by atoms with E-state index in [4.69, 9.17) is 0 Å². The summed E-state index contributed by atoms with van der Waals surface area (Å²) in [6, 6.07) is 4.18. The molecule has 0 aliphatic rings. The predicted molar refractivity (Wildman–Crippen MR) is 59.5 cm³/mol. The van der Waals surface area contributed by atoms with Crippen molar-refractivity contribution in [3.63, 3.8) is 0 Å². The zero-order valence-corrected chi connectivity index (χ0v) is 10.1. The number of halogens is 2. The average molecular weight is 296 g/mol. The number of alkyl halides is 1. The largest absolute Gasteiger partial charge is 0.129 e. The smallest absolute Gasteiger partial charge is 0.0704 e. The molecule has 0 saturated carbocycles. The Kier molecular flexibility index (Phi) is 3.82. The summed E-state index contributed by atoms with van der Waals surface area (Å²) in [7, 11) is 0. The second-order valence-electron chi connectivity index (χ2n) is 2.27. The quantitative estimate of drug-likeness (QED) is 0.713. The van der Waals surface area contributed by atoms with E-state index in [0.29, 0.717) is 0 Å². The van der Waals surface area contributed by atoms with Crippen LogP contribution in [0.5, 0.6) is 0 Å². The third-order valence-electron chi connectivity index (χ3n) is 1.19. The molecule has 0 amide bonds. The number of thiophene rings is 1. The first kappa shape index (κ1) is 9.49. The van der Waals surface area contributed by atoms with Crippen molar-refractivity contribution < 1.29 is 0 Å². The third kappa shape index (κ3) is 3.09. The minimum atomic E-state index is 0.947. The van der Waals surface area contributed by atoms with Gasteiger partial charge in [0.2, 0.25) is 0 Å².